The summed E-state index contributed by atoms with van der Waals surface area (Å²) >= 11 is 11.9. The fourth-order valence-electron chi connectivity index (χ4n) is 3.89. The zero-order valence-corrected chi connectivity index (χ0v) is 20.8. The second kappa shape index (κ2) is 10.7. The van der Waals surface area contributed by atoms with Gasteiger partial charge in [0.1, 0.15) is 11.6 Å². The number of carbonyl (C=O) groups is 2. The summed E-state index contributed by atoms with van der Waals surface area (Å²) in [6.45, 7) is 2.60. The van der Waals surface area contributed by atoms with Gasteiger partial charge in [-0.1, -0.05) is 23.2 Å². The number of carbonyl (C=O) groups excluding carboxylic acids is 2. The second-order valence-electron chi connectivity index (χ2n) is 8.26. The van der Waals surface area contributed by atoms with E-state index >= 15 is 0 Å². The van der Waals surface area contributed by atoms with Crippen LogP contribution in [-0.2, 0) is 4.74 Å². The van der Waals surface area contributed by atoms with Gasteiger partial charge in [-0.2, -0.15) is 0 Å². The van der Waals surface area contributed by atoms with Gasteiger partial charge < -0.3 is 20.3 Å². The smallest absolute Gasteiger partial charge is 0.323 e. The number of ether oxygens (including phenoxy) is 1. The van der Waals surface area contributed by atoms with Gasteiger partial charge in [0, 0.05) is 30.0 Å². The zero-order chi connectivity index (χ0) is 25.9. The van der Waals surface area contributed by atoms with Crippen molar-refractivity contribution in [2.24, 2.45) is 0 Å². The molecule has 1 aliphatic rings. The van der Waals surface area contributed by atoms with Crippen LogP contribution in [-0.4, -0.2) is 48.1 Å². The highest BCUT2D eigenvalue weighted by Gasteiger charge is 2.18. The van der Waals surface area contributed by atoms with E-state index in [4.69, 9.17) is 27.9 Å². The number of rotatable bonds is 5. The van der Waals surface area contributed by atoms with Crippen molar-refractivity contribution in [3.8, 4) is 0 Å². The molecule has 3 aromatic carbocycles. The number of amides is 2. The first-order valence-corrected chi connectivity index (χ1v) is 12.1. The monoisotopic (exact) mass is 539 g/mol. The van der Waals surface area contributed by atoms with Crippen LogP contribution in [0.3, 0.4) is 0 Å². The molecule has 11 heteroatoms. The SMILES string of the molecule is O=C(Nc1ccc(Cl)c(Cl)c1)Nc1ccc(F)c(C(=O)c2ccc3ncc(N4CCOCC4)nc3c2)c1. The Morgan fingerprint density at radius 1 is 0.892 bits per heavy atom. The van der Waals surface area contributed by atoms with Crippen LogP contribution in [0.1, 0.15) is 15.9 Å². The van der Waals surface area contributed by atoms with Crippen LogP contribution in [0.4, 0.5) is 26.4 Å². The fourth-order valence-corrected chi connectivity index (χ4v) is 4.19. The van der Waals surface area contributed by atoms with Gasteiger partial charge in [0.2, 0.25) is 0 Å². The molecule has 0 unspecified atom stereocenters. The first-order valence-electron chi connectivity index (χ1n) is 11.3. The lowest BCUT2D eigenvalue weighted by molar-refractivity contribution is 0.103. The minimum absolute atomic E-state index is 0.191. The normalized spacial score (nSPS) is 13.4. The summed E-state index contributed by atoms with van der Waals surface area (Å²) < 4.78 is 20.1. The van der Waals surface area contributed by atoms with Crippen LogP contribution in [0.15, 0.2) is 60.8 Å². The van der Waals surface area contributed by atoms with E-state index in [1.165, 1.54) is 18.2 Å². The number of halogens is 3. The second-order valence-corrected chi connectivity index (χ2v) is 9.08. The maximum absolute atomic E-state index is 14.7. The lowest BCUT2D eigenvalue weighted by atomic mass is 10.0. The summed E-state index contributed by atoms with van der Waals surface area (Å²) in [4.78, 5) is 36.8. The third-order valence-electron chi connectivity index (χ3n) is 5.77. The largest absolute Gasteiger partial charge is 0.378 e. The van der Waals surface area contributed by atoms with E-state index in [1.807, 2.05) is 0 Å². The van der Waals surface area contributed by atoms with E-state index in [2.05, 4.69) is 25.5 Å². The predicted octanol–water partition coefficient (Wildman–Crippen LogP) is 5.79. The summed E-state index contributed by atoms with van der Waals surface area (Å²) in [5.74, 6) is -0.578. The molecular weight excluding hydrogens is 520 g/mol. The van der Waals surface area contributed by atoms with Crippen molar-refractivity contribution < 1.29 is 18.7 Å². The van der Waals surface area contributed by atoms with E-state index in [9.17, 15) is 14.0 Å². The van der Waals surface area contributed by atoms with Crippen LogP contribution in [0.25, 0.3) is 11.0 Å². The van der Waals surface area contributed by atoms with Gasteiger partial charge in [-0.05, 0) is 54.6 Å². The molecule has 0 saturated carbocycles. The van der Waals surface area contributed by atoms with Gasteiger partial charge >= 0.3 is 6.03 Å². The number of nitrogens with one attached hydrogen (secondary N) is 2. The Labute approximate surface area is 221 Å². The minimum atomic E-state index is -0.714. The lowest BCUT2D eigenvalue weighted by Crippen LogP contribution is -2.36. The van der Waals surface area contributed by atoms with Crippen LogP contribution in [0.2, 0.25) is 10.0 Å². The van der Waals surface area contributed by atoms with E-state index in [-0.39, 0.29) is 21.8 Å². The Morgan fingerprint density at radius 3 is 2.38 bits per heavy atom. The van der Waals surface area contributed by atoms with Gasteiger partial charge in [0.25, 0.3) is 0 Å². The summed E-state index contributed by atoms with van der Waals surface area (Å²) in [7, 11) is 0. The zero-order valence-electron chi connectivity index (χ0n) is 19.3. The van der Waals surface area contributed by atoms with Crippen molar-refractivity contribution in [3.05, 3.63) is 87.8 Å². The van der Waals surface area contributed by atoms with Crippen molar-refractivity contribution in [2.75, 3.05) is 41.8 Å². The first-order chi connectivity index (χ1) is 17.9. The average Bonchev–Trinajstić information content (AvgIpc) is 2.91. The number of ketones is 1. The quantitative estimate of drug-likeness (QED) is 0.311. The number of aromatic nitrogens is 2. The van der Waals surface area contributed by atoms with Gasteiger partial charge in [-0.15, -0.1) is 0 Å². The number of hydrogen-bond acceptors (Lipinski definition) is 6. The molecular formula is C26H20Cl2FN5O3. The molecule has 1 saturated heterocycles. The van der Waals surface area contributed by atoms with Crippen LogP contribution in [0, 0.1) is 5.82 Å². The predicted molar refractivity (Wildman–Crippen MR) is 142 cm³/mol. The average molecular weight is 540 g/mol. The number of nitrogens with zero attached hydrogens (tertiary/aromatic N) is 3. The Hall–Kier alpha value is -3.79. The molecule has 0 bridgehead atoms. The summed E-state index contributed by atoms with van der Waals surface area (Å²) in [5.41, 5.74) is 1.84. The topological polar surface area (TPSA) is 96.5 Å². The molecule has 0 aliphatic carbocycles. The van der Waals surface area contributed by atoms with E-state index < -0.39 is 17.6 Å². The fraction of sp³-hybridized carbons (Fsp3) is 0.154. The molecule has 0 radical (unpaired) electrons. The molecule has 2 heterocycles. The molecule has 1 aliphatic heterocycles. The number of morpholine rings is 1. The molecule has 37 heavy (non-hydrogen) atoms. The molecule has 0 atom stereocenters. The standard InChI is InChI=1S/C26H20Cl2FN5O3/c27-19-4-2-17(13-20(19)28)32-26(36)31-16-3-5-21(29)18(12-16)25(35)15-1-6-22-23(11-15)33-24(14-30-22)34-7-9-37-10-8-34/h1-6,11-14H,7-10H2,(H2,31,32,36). The molecule has 4 aromatic rings. The van der Waals surface area contributed by atoms with Crippen molar-refractivity contribution in [1.82, 2.24) is 9.97 Å². The van der Waals surface area contributed by atoms with Crippen molar-refractivity contribution in [2.45, 2.75) is 0 Å². The highest BCUT2D eigenvalue weighted by molar-refractivity contribution is 6.42. The number of fused-ring (bicyclic) bond motifs is 1. The number of urea groups is 1. The Morgan fingerprint density at radius 2 is 1.62 bits per heavy atom. The summed E-state index contributed by atoms with van der Waals surface area (Å²) in [6.07, 6.45) is 1.69. The Bertz CT molecular complexity index is 1510. The third kappa shape index (κ3) is 5.64. The van der Waals surface area contributed by atoms with E-state index in [0.717, 1.165) is 6.07 Å². The number of hydrogen-bond donors (Lipinski definition) is 2. The molecule has 5 rings (SSSR count). The number of benzene rings is 3. The molecule has 2 N–H and O–H groups in total. The molecule has 0 spiro atoms. The van der Waals surface area contributed by atoms with Crippen LogP contribution in [0.5, 0.6) is 0 Å². The summed E-state index contributed by atoms with van der Waals surface area (Å²) in [6, 6.07) is 12.6. The Balaban J connectivity index is 1.36. The lowest BCUT2D eigenvalue weighted by Gasteiger charge is -2.27. The first kappa shape index (κ1) is 24.9. The van der Waals surface area contributed by atoms with Crippen LogP contribution < -0.4 is 15.5 Å². The minimum Gasteiger partial charge on any atom is -0.378 e. The van der Waals surface area contributed by atoms with Gasteiger partial charge in [-0.3, -0.25) is 9.78 Å². The third-order valence-corrected chi connectivity index (χ3v) is 6.51. The molecule has 8 nitrogen and oxygen atoms in total. The van der Waals surface area contributed by atoms with Crippen molar-refractivity contribution >= 4 is 63.2 Å². The van der Waals surface area contributed by atoms with E-state index in [0.29, 0.717) is 53.9 Å². The summed E-state index contributed by atoms with van der Waals surface area (Å²) in [5, 5.41) is 5.83. The van der Waals surface area contributed by atoms with Gasteiger partial charge in [-0.25, -0.2) is 14.2 Å². The maximum Gasteiger partial charge on any atom is 0.323 e. The molecule has 1 aromatic heterocycles. The molecule has 188 valence electrons. The van der Waals surface area contributed by atoms with Crippen LogP contribution >= 0.6 is 23.2 Å². The van der Waals surface area contributed by atoms with Crippen molar-refractivity contribution in [1.29, 1.82) is 0 Å². The van der Waals surface area contributed by atoms with Gasteiger partial charge in [0.15, 0.2) is 5.78 Å². The van der Waals surface area contributed by atoms with Gasteiger partial charge in [0.05, 0.1) is 46.1 Å². The molecule has 2 amide bonds. The highest BCUT2D eigenvalue weighted by Crippen LogP contribution is 2.26. The van der Waals surface area contributed by atoms with Crippen molar-refractivity contribution in [3.63, 3.8) is 0 Å². The molecule has 1 fully saturated rings. The maximum atomic E-state index is 14.7. The number of anilines is 3. The van der Waals surface area contributed by atoms with E-state index in [1.54, 1.807) is 36.5 Å². The Kier molecular flexibility index (Phi) is 7.18. The highest BCUT2D eigenvalue weighted by atomic mass is 35.5.